The molecule has 0 aliphatic heterocycles. The summed E-state index contributed by atoms with van der Waals surface area (Å²) < 4.78 is 8.62. The van der Waals surface area contributed by atoms with Gasteiger partial charge in [-0.25, -0.2) is 9.59 Å². The van der Waals surface area contributed by atoms with Gasteiger partial charge in [-0.1, -0.05) is 20.1 Å². The van der Waals surface area contributed by atoms with E-state index in [9.17, 15) is 14.4 Å². The highest BCUT2D eigenvalue weighted by Crippen LogP contribution is 1.87. The molecule has 0 atom stereocenters. The van der Waals surface area contributed by atoms with Crippen molar-refractivity contribution in [1.29, 1.82) is 0 Å². The van der Waals surface area contributed by atoms with E-state index in [0.717, 1.165) is 6.42 Å². The van der Waals surface area contributed by atoms with Crippen LogP contribution in [0.3, 0.4) is 0 Å². The number of carbonyl (C=O) groups excluding carboxylic acids is 2. The standard InChI is InChI=1S/C5H8O2.C5H10O2.C4H6O2/c1-4(2)5(6)7-3;1-3-4-5(6)7-2;1-3(2)4(5)6/h1H2,2-3H3;3-4H2,1-2H3;1H2,2H3,(H,5,6). The maximum atomic E-state index is 10.2. The number of carboxylic acid groups (broad SMARTS) is 1. The smallest absolute Gasteiger partial charge is 0.332 e. The minimum Gasteiger partial charge on any atom is -0.478 e. The van der Waals surface area contributed by atoms with E-state index in [4.69, 9.17) is 5.11 Å². The van der Waals surface area contributed by atoms with Gasteiger partial charge in [0.05, 0.1) is 14.2 Å². The van der Waals surface area contributed by atoms with Gasteiger partial charge < -0.3 is 14.6 Å². The number of ether oxygens (including phenoxy) is 2. The highest BCUT2D eigenvalue weighted by Gasteiger charge is 1.95. The Hall–Kier alpha value is -2.11. The predicted molar refractivity (Wildman–Crippen MR) is 76.2 cm³/mol. The lowest BCUT2D eigenvalue weighted by Gasteiger charge is -1.91. The zero-order valence-electron chi connectivity index (χ0n) is 12.8. The van der Waals surface area contributed by atoms with Crippen LogP contribution in [0.4, 0.5) is 0 Å². The van der Waals surface area contributed by atoms with E-state index in [1.54, 1.807) is 6.92 Å². The molecule has 0 radical (unpaired) electrons. The van der Waals surface area contributed by atoms with E-state index in [1.165, 1.54) is 21.1 Å². The molecule has 20 heavy (non-hydrogen) atoms. The summed E-state index contributed by atoms with van der Waals surface area (Å²) in [6, 6.07) is 0. The molecule has 6 heteroatoms. The van der Waals surface area contributed by atoms with Crippen LogP contribution in [0, 0.1) is 0 Å². The second kappa shape index (κ2) is 14.9. The quantitative estimate of drug-likeness (QED) is 0.631. The number of carbonyl (C=O) groups is 3. The normalized spacial score (nSPS) is 7.85. The Morgan fingerprint density at radius 2 is 1.40 bits per heavy atom. The largest absolute Gasteiger partial charge is 0.478 e. The van der Waals surface area contributed by atoms with Crippen molar-refractivity contribution < 1.29 is 29.0 Å². The lowest BCUT2D eigenvalue weighted by Crippen LogP contribution is -1.98. The maximum absolute atomic E-state index is 10.2. The maximum Gasteiger partial charge on any atom is 0.332 e. The van der Waals surface area contributed by atoms with Crippen molar-refractivity contribution in [2.24, 2.45) is 0 Å². The fourth-order valence-corrected chi connectivity index (χ4v) is 0.480. The summed E-state index contributed by atoms with van der Waals surface area (Å²) in [4.78, 5) is 30.0. The summed E-state index contributed by atoms with van der Waals surface area (Å²) >= 11 is 0. The molecule has 0 rings (SSSR count). The van der Waals surface area contributed by atoms with Gasteiger partial charge in [-0.3, -0.25) is 4.79 Å². The number of hydrogen-bond donors (Lipinski definition) is 1. The molecule has 6 nitrogen and oxygen atoms in total. The second-order valence-corrected chi connectivity index (χ2v) is 3.68. The predicted octanol–water partition coefficient (Wildman–Crippen LogP) is 2.34. The molecular formula is C14H24O6. The molecule has 0 aromatic heterocycles. The first-order chi connectivity index (χ1) is 9.13. The van der Waals surface area contributed by atoms with Crippen LogP contribution in [0.25, 0.3) is 0 Å². The summed E-state index contributed by atoms with van der Waals surface area (Å²) in [5.74, 6) is -1.41. The number of methoxy groups -OCH3 is 2. The summed E-state index contributed by atoms with van der Waals surface area (Å²) in [5, 5.41) is 7.89. The van der Waals surface area contributed by atoms with Crippen LogP contribution in [0.1, 0.15) is 33.6 Å². The average Bonchev–Trinajstić information content (AvgIpc) is 2.39. The first-order valence-corrected chi connectivity index (χ1v) is 5.83. The number of esters is 2. The van der Waals surface area contributed by atoms with Crippen LogP contribution in [0.15, 0.2) is 24.3 Å². The topological polar surface area (TPSA) is 89.9 Å². The SMILES string of the molecule is C=C(C)C(=O)O.C=C(C)C(=O)OC.CCCC(=O)OC. The van der Waals surface area contributed by atoms with Crippen LogP contribution >= 0.6 is 0 Å². The lowest BCUT2D eigenvalue weighted by molar-refractivity contribution is -0.140. The van der Waals surface area contributed by atoms with E-state index in [1.807, 2.05) is 6.92 Å². The third-order valence-corrected chi connectivity index (χ3v) is 1.58. The zero-order chi connectivity index (χ0) is 16.7. The molecule has 0 unspecified atom stereocenters. The van der Waals surface area contributed by atoms with E-state index < -0.39 is 5.97 Å². The Bertz CT molecular complexity index is 332. The molecule has 0 aliphatic carbocycles. The van der Waals surface area contributed by atoms with E-state index in [-0.39, 0.29) is 17.5 Å². The minimum atomic E-state index is -0.935. The minimum absolute atomic E-state index is 0.123. The van der Waals surface area contributed by atoms with Crippen LogP contribution in [-0.4, -0.2) is 37.2 Å². The summed E-state index contributed by atoms with van der Waals surface area (Å²) in [7, 11) is 2.73. The van der Waals surface area contributed by atoms with E-state index in [0.29, 0.717) is 12.0 Å². The molecule has 0 aromatic rings. The molecule has 116 valence electrons. The van der Waals surface area contributed by atoms with Gasteiger partial charge in [0.15, 0.2) is 0 Å². The Kier molecular flexibility index (Phi) is 17.2. The first kappa shape index (κ1) is 23.0. The molecule has 0 fully saturated rings. The van der Waals surface area contributed by atoms with Crippen molar-refractivity contribution in [3.05, 3.63) is 24.3 Å². The van der Waals surface area contributed by atoms with Crippen LogP contribution in [-0.2, 0) is 23.9 Å². The molecule has 1 N–H and O–H groups in total. The van der Waals surface area contributed by atoms with Crippen molar-refractivity contribution in [2.45, 2.75) is 33.6 Å². The Balaban J connectivity index is -0.000000218. The van der Waals surface area contributed by atoms with Crippen molar-refractivity contribution in [3.63, 3.8) is 0 Å². The van der Waals surface area contributed by atoms with Gasteiger partial charge in [0.2, 0.25) is 0 Å². The summed E-state index contributed by atoms with van der Waals surface area (Å²) in [5.41, 5.74) is 0.609. The lowest BCUT2D eigenvalue weighted by atomic mass is 10.3. The number of rotatable bonds is 4. The average molecular weight is 288 g/mol. The van der Waals surface area contributed by atoms with Gasteiger partial charge in [0, 0.05) is 17.6 Å². The molecule has 0 aromatic carbocycles. The molecule has 0 heterocycles. The fraction of sp³-hybridized carbons (Fsp3) is 0.500. The molecular weight excluding hydrogens is 264 g/mol. The van der Waals surface area contributed by atoms with Crippen LogP contribution < -0.4 is 0 Å². The molecule has 0 amide bonds. The fourth-order valence-electron chi connectivity index (χ4n) is 0.480. The first-order valence-electron chi connectivity index (χ1n) is 5.83. The zero-order valence-corrected chi connectivity index (χ0v) is 12.8. The van der Waals surface area contributed by atoms with Crippen molar-refractivity contribution >= 4 is 17.9 Å². The molecule has 0 aliphatic rings. The Labute approximate surface area is 120 Å². The third-order valence-electron chi connectivity index (χ3n) is 1.58. The molecule has 0 bridgehead atoms. The third kappa shape index (κ3) is 21.2. The number of aliphatic carboxylic acids is 1. The molecule has 0 spiro atoms. The highest BCUT2D eigenvalue weighted by molar-refractivity contribution is 5.86. The number of carboxylic acids is 1. The van der Waals surface area contributed by atoms with Crippen molar-refractivity contribution in [3.8, 4) is 0 Å². The number of hydrogen-bond acceptors (Lipinski definition) is 5. The van der Waals surface area contributed by atoms with Gasteiger partial charge in [-0.2, -0.15) is 0 Å². The highest BCUT2D eigenvalue weighted by atomic mass is 16.5. The van der Waals surface area contributed by atoms with Gasteiger partial charge in [0.1, 0.15) is 0 Å². The van der Waals surface area contributed by atoms with Gasteiger partial charge in [0.25, 0.3) is 0 Å². The van der Waals surface area contributed by atoms with Gasteiger partial charge >= 0.3 is 17.9 Å². The molecule has 0 saturated carbocycles. The Morgan fingerprint density at radius 3 is 1.45 bits per heavy atom. The van der Waals surface area contributed by atoms with E-state index in [2.05, 4.69) is 22.6 Å². The summed E-state index contributed by atoms with van der Waals surface area (Å²) in [6.07, 6.45) is 1.41. The molecule has 0 saturated heterocycles. The summed E-state index contributed by atoms with van der Waals surface area (Å²) in [6.45, 7) is 11.5. The Morgan fingerprint density at radius 1 is 1.00 bits per heavy atom. The second-order valence-electron chi connectivity index (χ2n) is 3.68. The van der Waals surface area contributed by atoms with Crippen molar-refractivity contribution in [1.82, 2.24) is 0 Å². The van der Waals surface area contributed by atoms with Gasteiger partial charge in [-0.05, 0) is 20.3 Å². The van der Waals surface area contributed by atoms with Gasteiger partial charge in [-0.15, -0.1) is 0 Å². The van der Waals surface area contributed by atoms with Crippen molar-refractivity contribution in [2.75, 3.05) is 14.2 Å². The van der Waals surface area contributed by atoms with Crippen LogP contribution in [0.2, 0.25) is 0 Å². The van der Waals surface area contributed by atoms with Crippen LogP contribution in [0.5, 0.6) is 0 Å². The van der Waals surface area contributed by atoms with E-state index >= 15 is 0 Å². The monoisotopic (exact) mass is 288 g/mol.